The van der Waals surface area contributed by atoms with Gasteiger partial charge in [0.1, 0.15) is 22.9 Å². The molecule has 0 unspecified atom stereocenters. The summed E-state index contributed by atoms with van der Waals surface area (Å²) in [5.74, 6) is 0.398. The molecule has 0 bridgehead atoms. The van der Waals surface area contributed by atoms with Gasteiger partial charge >= 0.3 is 0 Å². The normalized spacial score (nSPS) is 12.1. The summed E-state index contributed by atoms with van der Waals surface area (Å²) in [5.41, 5.74) is 5.47. The van der Waals surface area contributed by atoms with Crippen LogP contribution >= 0.6 is 0 Å². The molecule has 0 aliphatic rings. The minimum atomic E-state index is -4.15. The summed E-state index contributed by atoms with van der Waals surface area (Å²) in [6, 6.07) is 15.4. The standard InChI is InChI=1S/C29H36N2O5S/c1-8-36-25-12-10-24(11-13-25)31(37(33,34)28-15-19(2)9-14-27(28)35-7)18-29(32)30-23(6)26-17-21(4)20(3)16-22(26)5/h9-17,23H,8,18H2,1-7H3,(H,30,32)/t23-/m0/s1. The topological polar surface area (TPSA) is 84.9 Å². The van der Waals surface area contributed by atoms with Gasteiger partial charge in [-0.1, -0.05) is 18.2 Å². The Bertz CT molecular complexity index is 1370. The molecular weight excluding hydrogens is 488 g/mol. The summed E-state index contributed by atoms with van der Waals surface area (Å²) in [6.45, 7) is 11.7. The van der Waals surface area contributed by atoms with Gasteiger partial charge in [-0.15, -0.1) is 0 Å². The molecule has 8 heteroatoms. The average Bonchev–Trinajstić information content (AvgIpc) is 2.85. The van der Waals surface area contributed by atoms with Crippen LogP contribution in [0, 0.1) is 27.7 Å². The maximum Gasteiger partial charge on any atom is 0.268 e. The van der Waals surface area contributed by atoms with Gasteiger partial charge in [-0.05, 0) is 106 Å². The highest BCUT2D eigenvalue weighted by Gasteiger charge is 2.31. The average molecular weight is 525 g/mol. The SMILES string of the molecule is CCOc1ccc(N(CC(=O)N[C@@H](C)c2cc(C)c(C)cc2C)S(=O)(=O)c2cc(C)ccc2OC)cc1. The highest BCUT2D eigenvalue weighted by Crippen LogP contribution is 2.32. The number of carbonyl (C=O) groups is 1. The molecule has 3 rings (SSSR count). The summed E-state index contributed by atoms with van der Waals surface area (Å²) >= 11 is 0. The first kappa shape index (κ1) is 28.1. The summed E-state index contributed by atoms with van der Waals surface area (Å²) in [5, 5.41) is 2.98. The molecule has 0 aliphatic carbocycles. The number of aryl methyl sites for hydroxylation is 4. The van der Waals surface area contributed by atoms with E-state index in [0.717, 1.165) is 26.6 Å². The number of ether oxygens (including phenoxy) is 2. The third-order valence-electron chi connectivity index (χ3n) is 6.34. The number of amides is 1. The van der Waals surface area contributed by atoms with Gasteiger partial charge in [0, 0.05) is 0 Å². The number of hydrogen-bond donors (Lipinski definition) is 1. The molecule has 1 atom stereocenters. The molecule has 0 heterocycles. The monoisotopic (exact) mass is 524 g/mol. The van der Waals surface area contributed by atoms with E-state index in [-0.39, 0.29) is 16.7 Å². The Hall–Kier alpha value is -3.52. The van der Waals surface area contributed by atoms with Crippen molar-refractivity contribution in [1.82, 2.24) is 5.32 Å². The van der Waals surface area contributed by atoms with Crippen molar-refractivity contribution < 1.29 is 22.7 Å². The lowest BCUT2D eigenvalue weighted by Gasteiger charge is -2.26. The molecule has 7 nitrogen and oxygen atoms in total. The summed E-state index contributed by atoms with van der Waals surface area (Å²) in [7, 11) is -2.73. The number of benzene rings is 3. The molecule has 0 saturated carbocycles. The number of nitrogens with one attached hydrogen (secondary N) is 1. The quantitative estimate of drug-likeness (QED) is 0.384. The van der Waals surface area contributed by atoms with Crippen LogP contribution in [0.1, 0.15) is 47.7 Å². The van der Waals surface area contributed by atoms with Crippen molar-refractivity contribution in [2.24, 2.45) is 0 Å². The van der Waals surface area contributed by atoms with Crippen LogP contribution in [0.15, 0.2) is 59.5 Å². The van der Waals surface area contributed by atoms with Crippen molar-refractivity contribution in [3.05, 3.63) is 82.4 Å². The number of anilines is 1. The number of sulfonamides is 1. The van der Waals surface area contributed by atoms with E-state index in [2.05, 4.69) is 24.4 Å². The van der Waals surface area contributed by atoms with E-state index in [4.69, 9.17) is 9.47 Å². The van der Waals surface area contributed by atoms with E-state index in [1.807, 2.05) is 27.7 Å². The van der Waals surface area contributed by atoms with Gasteiger partial charge in [-0.3, -0.25) is 9.10 Å². The Balaban J connectivity index is 1.98. The molecule has 0 spiro atoms. The molecule has 1 N–H and O–H groups in total. The third kappa shape index (κ3) is 6.43. The van der Waals surface area contributed by atoms with Gasteiger partial charge in [-0.2, -0.15) is 0 Å². The first-order valence-corrected chi connectivity index (χ1v) is 13.7. The number of rotatable bonds is 10. The molecule has 198 valence electrons. The van der Waals surface area contributed by atoms with Crippen LogP contribution < -0.4 is 19.1 Å². The van der Waals surface area contributed by atoms with E-state index in [0.29, 0.717) is 18.0 Å². The molecule has 37 heavy (non-hydrogen) atoms. The molecule has 0 radical (unpaired) electrons. The fraction of sp³-hybridized carbons (Fsp3) is 0.345. The second kappa shape index (κ2) is 11.7. The maximum atomic E-state index is 13.9. The lowest BCUT2D eigenvalue weighted by atomic mass is 9.96. The summed E-state index contributed by atoms with van der Waals surface area (Å²) < 4.78 is 39.8. The van der Waals surface area contributed by atoms with Crippen LogP contribution in [0.3, 0.4) is 0 Å². The highest BCUT2D eigenvalue weighted by molar-refractivity contribution is 7.93. The molecule has 0 aromatic heterocycles. The van der Waals surface area contributed by atoms with E-state index in [1.165, 1.54) is 12.7 Å². The Morgan fingerprint density at radius 2 is 1.59 bits per heavy atom. The van der Waals surface area contributed by atoms with Crippen LogP contribution in [0.25, 0.3) is 0 Å². The minimum Gasteiger partial charge on any atom is -0.495 e. The van der Waals surface area contributed by atoms with Gasteiger partial charge < -0.3 is 14.8 Å². The smallest absolute Gasteiger partial charge is 0.268 e. The van der Waals surface area contributed by atoms with Crippen molar-refractivity contribution in [3.8, 4) is 11.5 Å². The van der Waals surface area contributed by atoms with Crippen molar-refractivity contribution in [2.75, 3.05) is 24.6 Å². The van der Waals surface area contributed by atoms with E-state index < -0.39 is 22.5 Å². The zero-order valence-electron chi connectivity index (χ0n) is 22.6. The molecule has 0 aliphatic heterocycles. The molecule has 0 saturated heterocycles. The fourth-order valence-corrected chi connectivity index (χ4v) is 5.90. The van der Waals surface area contributed by atoms with Crippen LogP contribution in [0.4, 0.5) is 5.69 Å². The zero-order valence-corrected chi connectivity index (χ0v) is 23.4. The van der Waals surface area contributed by atoms with Gasteiger partial charge in [0.25, 0.3) is 10.0 Å². The van der Waals surface area contributed by atoms with Crippen LogP contribution in [-0.2, 0) is 14.8 Å². The van der Waals surface area contributed by atoms with E-state index >= 15 is 0 Å². The predicted molar refractivity (Wildman–Crippen MR) is 147 cm³/mol. The van der Waals surface area contributed by atoms with Crippen LogP contribution in [0.5, 0.6) is 11.5 Å². The Kier molecular flexibility index (Phi) is 8.86. The minimum absolute atomic E-state index is 0.00487. The largest absolute Gasteiger partial charge is 0.495 e. The third-order valence-corrected chi connectivity index (χ3v) is 8.13. The molecule has 3 aromatic carbocycles. The Morgan fingerprint density at radius 1 is 0.946 bits per heavy atom. The van der Waals surface area contributed by atoms with Gasteiger partial charge in [0.2, 0.25) is 5.91 Å². The maximum absolute atomic E-state index is 13.9. The Morgan fingerprint density at radius 3 is 2.22 bits per heavy atom. The molecule has 1 amide bonds. The predicted octanol–water partition coefficient (Wildman–Crippen LogP) is 5.40. The molecule has 3 aromatic rings. The zero-order chi connectivity index (χ0) is 27.3. The van der Waals surface area contributed by atoms with Gasteiger partial charge in [0.15, 0.2) is 0 Å². The number of hydrogen-bond acceptors (Lipinski definition) is 5. The number of carbonyl (C=O) groups excluding carboxylic acids is 1. The second-order valence-electron chi connectivity index (χ2n) is 9.18. The first-order valence-electron chi connectivity index (χ1n) is 12.2. The second-order valence-corrected chi connectivity index (χ2v) is 11.0. The van der Waals surface area contributed by atoms with Crippen molar-refractivity contribution in [2.45, 2.75) is 52.5 Å². The van der Waals surface area contributed by atoms with Crippen molar-refractivity contribution >= 4 is 21.6 Å². The van der Waals surface area contributed by atoms with Crippen molar-refractivity contribution in [3.63, 3.8) is 0 Å². The van der Waals surface area contributed by atoms with Crippen LogP contribution in [0.2, 0.25) is 0 Å². The lowest BCUT2D eigenvalue weighted by molar-refractivity contribution is -0.120. The summed E-state index contributed by atoms with van der Waals surface area (Å²) in [4.78, 5) is 13.3. The van der Waals surface area contributed by atoms with Crippen LogP contribution in [-0.4, -0.2) is 34.6 Å². The van der Waals surface area contributed by atoms with Crippen molar-refractivity contribution in [1.29, 1.82) is 0 Å². The van der Waals surface area contributed by atoms with E-state index in [1.54, 1.807) is 49.4 Å². The highest BCUT2D eigenvalue weighted by atomic mass is 32.2. The van der Waals surface area contributed by atoms with Gasteiger partial charge in [0.05, 0.1) is 25.4 Å². The molecule has 0 fully saturated rings. The van der Waals surface area contributed by atoms with Gasteiger partial charge in [-0.25, -0.2) is 8.42 Å². The molecular formula is C29H36N2O5S. The summed E-state index contributed by atoms with van der Waals surface area (Å²) in [6.07, 6.45) is 0. The number of methoxy groups -OCH3 is 1. The van der Waals surface area contributed by atoms with E-state index in [9.17, 15) is 13.2 Å². The first-order chi connectivity index (χ1) is 17.5. The lowest BCUT2D eigenvalue weighted by Crippen LogP contribution is -2.41. The number of nitrogens with zero attached hydrogens (tertiary/aromatic N) is 1. The Labute approximate surface area is 220 Å². The fourth-order valence-electron chi connectivity index (χ4n) is 4.24.